The van der Waals surface area contributed by atoms with Gasteiger partial charge in [-0.15, -0.1) is 0 Å². The van der Waals surface area contributed by atoms with Crippen molar-refractivity contribution in [2.24, 2.45) is 0 Å². The van der Waals surface area contributed by atoms with Crippen molar-refractivity contribution in [2.45, 2.75) is 0 Å². The monoisotopic (exact) mass is 516 g/mol. The molecule has 196 valence electrons. The van der Waals surface area contributed by atoms with Gasteiger partial charge in [-0.3, -0.25) is 9.36 Å². The molecule has 0 spiro atoms. The molecule has 0 aliphatic rings. The minimum Gasteiger partial charge on any atom is -0.493 e. The molecule has 1 heterocycles. The van der Waals surface area contributed by atoms with Crippen molar-refractivity contribution in [3.8, 4) is 45.7 Å². The zero-order valence-corrected chi connectivity index (χ0v) is 21.7. The first-order valence-corrected chi connectivity index (χ1v) is 11.6. The highest BCUT2D eigenvalue weighted by Crippen LogP contribution is 2.40. The van der Waals surface area contributed by atoms with Crippen LogP contribution < -0.4 is 29.4 Å². The van der Waals surface area contributed by atoms with Gasteiger partial charge in [-0.25, -0.2) is 4.79 Å². The predicted molar refractivity (Wildman–Crippen MR) is 144 cm³/mol. The highest BCUT2D eigenvalue weighted by molar-refractivity contribution is 6.07. The van der Waals surface area contributed by atoms with Crippen LogP contribution in [0.1, 0.15) is 15.9 Å². The van der Waals surface area contributed by atoms with Crippen molar-refractivity contribution in [2.75, 3.05) is 35.5 Å². The number of benzene rings is 3. The molecular weight excluding hydrogens is 488 g/mol. The first-order valence-electron chi connectivity index (χ1n) is 11.6. The van der Waals surface area contributed by atoms with Gasteiger partial charge in [-0.2, -0.15) is 0 Å². The highest BCUT2D eigenvalue weighted by atomic mass is 16.5. The lowest BCUT2D eigenvalue weighted by atomic mass is 10.1. The highest BCUT2D eigenvalue weighted by Gasteiger charge is 2.16. The van der Waals surface area contributed by atoms with Gasteiger partial charge in [0.05, 0.1) is 46.9 Å². The lowest BCUT2D eigenvalue weighted by molar-refractivity contribution is 0.104. The molecule has 9 heteroatoms. The summed E-state index contributed by atoms with van der Waals surface area (Å²) in [5.74, 6) is 2.34. The number of rotatable bonds is 10. The molecule has 0 amide bonds. The molecule has 38 heavy (non-hydrogen) atoms. The zero-order chi connectivity index (χ0) is 27.2. The molecule has 0 radical (unpaired) electrons. The second-order valence-corrected chi connectivity index (χ2v) is 8.12. The number of aromatic amines is 1. The number of allylic oxidation sites excluding steroid dienone is 1. The number of hydrogen-bond acceptors (Lipinski definition) is 7. The fraction of sp³-hybridized carbons (Fsp3) is 0.172. The van der Waals surface area contributed by atoms with Crippen LogP contribution in [-0.4, -0.2) is 50.9 Å². The Hall–Kier alpha value is -4.92. The van der Waals surface area contributed by atoms with E-state index in [1.165, 1.54) is 32.0 Å². The van der Waals surface area contributed by atoms with Gasteiger partial charge in [0.25, 0.3) is 0 Å². The van der Waals surface area contributed by atoms with Crippen LogP contribution in [0.4, 0.5) is 0 Å². The van der Waals surface area contributed by atoms with Gasteiger partial charge >= 0.3 is 5.69 Å². The van der Waals surface area contributed by atoms with Crippen LogP contribution in [0.2, 0.25) is 0 Å². The molecule has 0 atom stereocenters. The first-order chi connectivity index (χ1) is 18.4. The molecule has 0 unspecified atom stereocenters. The van der Waals surface area contributed by atoms with Gasteiger partial charge in [0.2, 0.25) is 5.75 Å². The van der Waals surface area contributed by atoms with Crippen LogP contribution in [0.3, 0.4) is 0 Å². The Bertz CT molecular complexity index is 1520. The average molecular weight is 517 g/mol. The molecule has 0 aliphatic heterocycles. The Morgan fingerprint density at radius 3 is 2.11 bits per heavy atom. The Balaban J connectivity index is 1.63. The van der Waals surface area contributed by atoms with E-state index in [0.717, 1.165) is 5.56 Å². The van der Waals surface area contributed by atoms with E-state index in [1.807, 2.05) is 6.07 Å². The number of H-pyrrole nitrogens is 1. The summed E-state index contributed by atoms with van der Waals surface area (Å²) in [7, 11) is 7.69. The fourth-order valence-electron chi connectivity index (χ4n) is 4.00. The van der Waals surface area contributed by atoms with Crippen LogP contribution in [0.15, 0.2) is 71.7 Å². The number of nitrogens with one attached hydrogen (secondary N) is 1. The standard InChI is InChI=1S/C29H28N2O7/c1-34-24-12-10-18(13-25(24)35-2)9-11-23(32)19-7-6-8-21(14-19)31-17-22(30-29(31)33)20-15-26(36-3)28(38-5)27(16-20)37-4/h6-17H,1-5H3,(H,30,33)/b11-9+. The predicted octanol–water partition coefficient (Wildman–Crippen LogP) is 4.77. The molecule has 1 aromatic heterocycles. The van der Waals surface area contributed by atoms with Gasteiger partial charge < -0.3 is 28.7 Å². The summed E-state index contributed by atoms with van der Waals surface area (Å²) in [6.07, 6.45) is 4.83. The third-order valence-corrected chi connectivity index (χ3v) is 5.94. The van der Waals surface area contributed by atoms with Crippen molar-refractivity contribution in [3.05, 3.63) is 88.5 Å². The lowest BCUT2D eigenvalue weighted by Crippen LogP contribution is -2.14. The average Bonchev–Trinajstić information content (AvgIpc) is 3.36. The van der Waals surface area contributed by atoms with E-state index in [9.17, 15) is 9.59 Å². The van der Waals surface area contributed by atoms with E-state index in [0.29, 0.717) is 51.3 Å². The normalized spacial score (nSPS) is 10.9. The molecule has 0 aliphatic carbocycles. The second-order valence-electron chi connectivity index (χ2n) is 8.12. The van der Waals surface area contributed by atoms with Crippen LogP contribution in [0, 0.1) is 0 Å². The number of methoxy groups -OCH3 is 5. The second kappa shape index (κ2) is 11.4. The van der Waals surface area contributed by atoms with Gasteiger partial charge in [-0.05, 0) is 48.0 Å². The Morgan fingerprint density at radius 1 is 0.789 bits per heavy atom. The van der Waals surface area contributed by atoms with Crippen molar-refractivity contribution < 1.29 is 28.5 Å². The Morgan fingerprint density at radius 2 is 1.47 bits per heavy atom. The van der Waals surface area contributed by atoms with Crippen molar-refractivity contribution >= 4 is 11.9 Å². The number of aromatic nitrogens is 2. The number of ketones is 1. The molecule has 0 saturated heterocycles. The summed E-state index contributed by atoms with van der Waals surface area (Å²) in [4.78, 5) is 28.6. The quantitative estimate of drug-likeness (QED) is 0.239. The summed E-state index contributed by atoms with van der Waals surface area (Å²) in [5, 5.41) is 0. The van der Waals surface area contributed by atoms with E-state index in [-0.39, 0.29) is 11.5 Å². The third kappa shape index (κ3) is 5.27. The maximum atomic E-state index is 12.9. The van der Waals surface area contributed by atoms with Crippen LogP contribution in [0.5, 0.6) is 28.7 Å². The third-order valence-electron chi connectivity index (χ3n) is 5.94. The number of hydrogen-bond donors (Lipinski definition) is 1. The van der Waals surface area contributed by atoms with Gasteiger partial charge in [0, 0.05) is 17.3 Å². The Labute approximate surface area is 219 Å². The van der Waals surface area contributed by atoms with Crippen molar-refractivity contribution in [3.63, 3.8) is 0 Å². The van der Waals surface area contributed by atoms with E-state index in [4.69, 9.17) is 23.7 Å². The number of imidazole rings is 1. The number of nitrogens with zero attached hydrogens (tertiary/aromatic N) is 1. The van der Waals surface area contributed by atoms with E-state index >= 15 is 0 Å². The van der Waals surface area contributed by atoms with Crippen molar-refractivity contribution in [1.82, 2.24) is 9.55 Å². The molecule has 0 saturated carbocycles. The number of carbonyl (C=O) groups is 1. The van der Waals surface area contributed by atoms with E-state index in [2.05, 4.69) is 4.98 Å². The van der Waals surface area contributed by atoms with Crippen LogP contribution in [0.25, 0.3) is 23.0 Å². The lowest BCUT2D eigenvalue weighted by Gasteiger charge is -2.13. The maximum Gasteiger partial charge on any atom is 0.330 e. The van der Waals surface area contributed by atoms with Crippen LogP contribution >= 0.6 is 0 Å². The number of ether oxygens (including phenoxy) is 5. The summed E-state index contributed by atoms with van der Waals surface area (Å²) < 4.78 is 28.2. The largest absolute Gasteiger partial charge is 0.493 e. The topological polar surface area (TPSA) is 101 Å². The van der Waals surface area contributed by atoms with Crippen molar-refractivity contribution in [1.29, 1.82) is 0 Å². The Kier molecular flexibility index (Phi) is 7.86. The maximum absolute atomic E-state index is 12.9. The summed E-state index contributed by atoms with van der Waals surface area (Å²) in [6.45, 7) is 0. The van der Waals surface area contributed by atoms with Gasteiger partial charge in [0.1, 0.15) is 0 Å². The molecule has 4 rings (SSSR count). The number of carbonyl (C=O) groups excluding carboxylic acids is 1. The molecule has 0 fully saturated rings. The summed E-state index contributed by atoms with van der Waals surface area (Å²) in [5.41, 5.74) is 2.60. The van der Waals surface area contributed by atoms with Gasteiger partial charge in [0.15, 0.2) is 28.8 Å². The minimum atomic E-state index is -0.362. The van der Waals surface area contributed by atoms with Gasteiger partial charge in [-0.1, -0.05) is 24.3 Å². The van der Waals surface area contributed by atoms with E-state index in [1.54, 1.807) is 75.0 Å². The summed E-state index contributed by atoms with van der Waals surface area (Å²) in [6, 6.07) is 15.7. The van der Waals surface area contributed by atoms with Crippen LogP contribution in [-0.2, 0) is 0 Å². The SMILES string of the molecule is COc1ccc(/C=C/C(=O)c2cccc(-n3cc(-c4cc(OC)c(OC)c(OC)c4)[nH]c3=O)c2)cc1OC. The minimum absolute atomic E-state index is 0.213. The molecule has 4 aromatic rings. The first kappa shape index (κ1) is 26.2. The fourth-order valence-corrected chi connectivity index (χ4v) is 4.00. The molecular formula is C29H28N2O7. The summed E-state index contributed by atoms with van der Waals surface area (Å²) >= 11 is 0. The molecule has 0 bridgehead atoms. The molecule has 1 N–H and O–H groups in total. The molecule has 9 nitrogen and oxygen atoms in total. The molecule has 3 aromatic carbocycles. The smallest absolute Gasteiger partial charge is 0.330 e. The zero-order valence-electron chi connectivity index (χ0n) is 21.7. The van der Waals surface area contributed by atoms with E-state index < -0.39 is 0 Å².